The number of allylic oxidation sites excluding steroid dienone is 1. The van der Waals surface area contributed by atoms with Crippen LogP contribution < -0.4 is 0 Å². The van der Waals surface area contributed by atoms with Gasteiger partial charge in [-0.2, -0.15) is 0 Å². The number of carbonyl (C=O) groups is 1. The van der Waals surface area contributed by atoms with E-state index in [9.17, 15) is 9.90 Å². The topological polar surface area (TPSA) is 87.1 Å². The molecule has 1 amide bonds. The van der Waals surface area contributed by atoms with Crippen LogP contribution in [0.25, 0.3) is 0 Å². The lowest BCUT2D eigenvalue weighted by atomic mass is 10.0. The molecular weight excluding hydrogens is 412 g/mol. The summed E-state index contributed by atoms with van der Waals surface area (Å²) in [7, 11) is 0. The number of nitrogens with zero attached hydrogens (tertiary/aromatic N) is 4. The number of carboxylic acid groups (broad SMARTS) is 1. The molecule has 0 aromatic rings. The highest BCUT2D eigenvalue weighted by Gasteiger charge is 2.34. The Morgan fingerprint density at radius 1 is 1.31 bits per heavy atom. The van der Waals surface area contributed by atoms with Gasteiger partial charge in [-0.05, 0) is 65.4 Å². The van der Waals surface area contributed by atoms with Crippen molar-refractivity contribution in [2.24, 2.45) is 10.9 Å². The van der Waals surface area contributed by atoms with Gasteiger partial charge in [0.25, 0.3) is 0 Å². The number of rotatable bonds is 8. The van der Waals surface area contributed by atoms with E-state index in [-0.39, 0.29) is 18.5 Å². The average Bonchev–Trinajstić information content (AvgIpc) is 3.46. The maximum atomic E-state index is 11.6. The van der Waals surface area contributed by atoms with Crippen molar-refractivity contribution in [1.82, 2.24) is 14.9 Å². The number of hydrogen-bond donors (Lipinski definition) is 1. The number of likely N-dealkylation sites (tertiary alicyclic amines) is 1. The van der Waals surface area contributed by atoms with Crippen molar-refractivity contribution in [3.05, 3.63) is 24.2 Å². The van der Waals surface area contributed by atoms with Crippen molar-refractivity contribution in [2.75, 3.05) is 26.3 Å². The van der Waals surface area contributed by atoms with Crippen molar-refractivity contribution in [1.29, 1.82) is 0 Å². The zero-order valence-corrected chi connectivity index (χ0v) is 19.6. The van der Waals surface area contributed by atoms with Crippen LogP contribution in [0.2, 0.25) is 0 Å². The zero-order chi connectivity index (χ0) is 22.9. The summed E-state index contributed by atoms with van der Waals surface area (Å²) in [6.07, 6.45) is 8.82. The molecule has 4 aliphatic rings. The number of hydroxylamine groups is 2. The Labute approximate surface area is 190 Å². The molecule has 3 heterocycles. The number of ether oxygens (including phenoxy) is 2. The maximum absolute atomic E-state index is 11.6. The highest BCUT2D eigenvalue weighted by molar-refractivity contribution is 6.08. The van der Waals surface area contributed by atoms with E-state index in [1.165, 1.54) is 17.7 Å². The Kier molecular flexibility index (Phi) is 6.78. The van der Waals surface area contributed by atoms with Crippen LogP contribution in [0, 0.1) is 5.92 Å². The van der Waals surface area contributed by atoms with Crippen LogP contribution in [0.1, 0.15) is 53.4 Å². The first-order valence-electron chi connectivity index (χ1n) is 11.6. The van der Waals surface area contributed by atoms with Crippen molar-refractivity contribution in [3.63, 3.8) is 0 Å². The fourth-order valence-corrected chi connectivity index (χ4v) is 4.37. The third-order valence-electron chi connectivity index (χ3n) is 6.25. The molecule has 0 radical (unpaired) electrons. The first kappa shape index (κ1) is 23.1. The summed E-state index contributed by atoms with van der Waals surface area (Å²) in [5.41, 5.74) is 0.388. The predicted molar refractivity (Wildman–Crippen MR) is 120 cm³/mol. The molecule has 0 bridgehead atoms. The Bertz CT molecular complexity index is 778. The van der Waals surface area contributed by atoms with Gasteiger partial charge in [0.15, 0.2) is 5.76 Å². The fraction of sp³-hybridized carbons (Fsp3) is 0.739. The third-order valence-corrected chi connectivity index (χ3v) is 6.25. The Hall–Kier alpha value is -2.10. The van der Waals surface area contributed by atoms with Crippen LogP contribution in [-0.4, -0.2) is 82.1 Å². The molecule has 178 valence electrons. The molecule has 2 fully saturated rings. The standard InChI is InChI=1S/C23H36N4O5/c1-16(27(22(28)29)23(2,3)4)14-30-18-7-10-25(11-8-18)21-24-19-9-12-26(13-20(19)32-21)31-15-17-5-6-17/h9,12-13,16-18,21H,5-8,10-11,14-15H2,1-4H3,(H,28,29)/t16-,21?/m0/s1. The smallest absolute Gasteiger partial charge is 0.408 e. The summed E-state index contributed by atoms with van der Waals surface area (Å²) in [4.78, 5) is 25.8. The Balaban J connectivity index is 1.22. The van der Waals surface area contributed by atoms with Gasteiger partial charge in [0.1, 0.15) is 5.71 Å². The lowest BCUT2D eigenvalue weighted by Crippen LogP contribution is -2.52. The molecule has 32 heavy (non-hydrogen) atoms. The molecule has 0 spiro atoms. The van der Waals surface area contributed by atoms with Crippen molar-refractivity contribution in [2.45, 2.75) is 77.4 Å². The van der Waals surface area contributed by atoms with Gasteiger partial charge >= 0.3 is 6.09 Å². The van der Waals surface area contributed by atoms with E-state index in [1.54, 1.807) is 5.06 Å². The van der Waals surface area contributed by atoms with E-state index >= 15 is 0 Å². The molecule has 1 saturated carbocycles. The highest BCUT2D eigenvalue weighted by atomic mass is 16.7. The van der Waals surface area contributed by atoms with E-state index in [0.29, 0.717) is 12.5 Å². The summed E-state index contributed by atoms with van der Waals surface area (Å²) < 4.78 is 12.2. The molecule has 0 aromatic heterocycles. The minimum Gasteiger partial charge on any atom is -0.465 e. The van der Waals surface area contributed by atoms with Gasteiger partial charge in [-0.15, -0.1) is 0 Å². The van der Waals surface area contributed by atoms with Crippen LogP contribution in [0.3, 0.4) is 0 Å². The molecular formula is C23H36N4O5. The number of hydrogen-bond acceptors (Lipinski definition) is 7. The lowest BCUT2D eigenvalue weighted by Gasteiger charge is -2.39. The quantitative estimate of drug-likeness (QED) is 0.609. The third kappa shape index (κ3) is 5.63. The van der Waals surface area contributed by atoms with Crippen LogP contribution >= 0.6 is 0 Å². The summed E-state index contributed by atoms with van der Waals surface area (Å²) in [5.74, 6) is 1.44. The number of amides is 1. The second-order valence-electron chi connectivity index (χ2n) is 10.1. The van der Waals surface area contributed by atoms with Crippen LogP contribution in [0.15, 0.2) is 29.2 Å². The molecule has 9 nitrogen and oxygen atoms in total. The van der Waals surface area contributed by atoms with Gasteiger partial charge < -0.3 is 14.6 Å². The normalized spacial score (nSPS) is 25.1. The van der Waals surface area contributed by atoms with Crippen molar-refractivity contribution >= 4 is 11.8 Å². The van der Waals surface area contributed by atoms with E-state index in [2.05, 4.69) is 4.90 Å². The minimum atomic E-state index is -0.915. The molecule has 2 atom stereocenters. The summed E-state index contributed by atoms with van der Waals surface area (Å²) in [6, 6.07) is -0.206. The molecule has 1 N–H and O–H groups in total. The second kappa shape index (κ2) is 9.41. The van der Waals surface area contributed by atoms with Crippen LogP contribution in [0.4, 0.5) is 4.79 Å². The largest absolute Gasteiger partial charge is 0.465 e. The SMILES string of the molecule is C[C@@H](COC1CCN(C2N=C3C=CN(OCC4CC4)C=C3O2)CC1)N(C(=O)O)C(C)(C)C. The van der Waals surface area contributed by atoms with Gasteiger partial charge in [0.05, 0.1) is 31.6 Å². The molecule has 0 aromatic carbocycles. The van der Waals surface area contributed by atoms with Gasteiger partial charge in [-0.25, -0.2) is 19.8 Å². The van der Waals surface area contributed by atoms with Crippen molar-refractivity contribution < 1.29 is 24.2 Å². The van der Waals surface area contributed by atoms with E-state index in [0.717, 1.165) is 44.0 Å². The van der Waals surface area contributed by atoms with Gasteiger partial charge in [0, 0.05) is 24.8 Å². The Morgan fingerprint density at radius 2 is 2.03 bits per heavy atom. The average molecular weight is 449 g/mol. The number of piperidine rings is 1. The number of aliphatic imine (C=N–C) groups is 1. The zero-order valence-electron chi connectivity index (χ0n) is 19.6. The van der Waals surface area contributed by atoms with Crippen LogP contribution in [-0.2, 0) is 14.3 Å². The molecule has 4 rings (SSSR count). The van der Waals surface area contributed by atoms with Gasteiger partial charge in [-0.1, -0.05) is 0 Å². The van der Waals surface area contributed by atoms with Gasteiger partial charge in [0.2, 0.25) is 6.35 Å². The van der Waals surface area contributed by atoms with E-state index in [1.807, 2.05) is 46.2 Å². The summed E-state index contributed by atoms with van der Waals surface area (Å²) in [5, 5.41) is 11.3. The van der Waals surface area contributed by atoms with Crippen LogP contribution in [0.5, 0.6) is 0 Å². The van der Waals surface area contributed by atoms with E-state index < -0.39 is 11.6 Å². The summed E-state index contributed by atoms with van der Waals surface area (Å²) >= 11 is 0. The molecule has 9 heteroatoms. The summed E-state index contributed by atoms with van der Waals surface area (Å²) in [6.45, 7) is 10.4. The fourth-order valence-electron chi connectivity index (χ4n) is 4.37. The minimum absolute atomic E-state index is 0.117. The highest BCUT2D eigenvalue weighted by Crippen LogP contribution is 2.30. The molecule has 3 aliphatic heterocycles. The second-order valence-corrected chi connectivity index (χ2v) is 10.1. The first-order chi connectivity index (χ1) is 15.2. The molecule has 1 unspecified atom stereocenters. The Morgan fingerprint density at radius 3 is 2.66 bits per heavy atom. The van der Waals surface area contributed by atoms with Gasteiger partial charge in [-0.3, -0.25) is 9.74 Å². The first-order valence-corrected chi connectivity index (χ1v) is 11.6. The monoisotopic (exact) mass is 448 g/mol. The predicted octanol–water partition coefficient (Wildman–Crippen LogP) is 3.40. The lowest BCUT2D eigenvalue weighted by molar-refractivity contribution is -0.0930. The van der Waals surface area contributed by atoms with E-state index in [4.69, 9.17) is 19.3 Å². The molecule has 1 saturated heterocycles. The number of fused-ring (bicyclic) bond motifs is 1. The molecule has 1 aliphatic carbocycles. The maximum Gasteiger partial charge on any atom is 0.408 e. The van der Waals surface area contributed by atoms with Crippen molar-refractivity contribution in [3.8, 4) is 0 Å².